The van der Waals surface area contributed by atoms with Gasteiger partial charge >= 0.3 is 5.97 Å². The Morgan fingerprint density at radius 3 is 2.54 bits per heavy atom. The third-order valence-corrected chi connectivity index (χ3v) is 5.20. The minimum atomic E-state index is -0.859. The maximum absolute atomic E-state index is 12.4. The summed E-state index contributed by atoms with van der Waals surface area (Å²) in [6.45, 7) is 4.07. The molecule has 1 aromatic carbocycles. The monoisotopic (exact) mass is 360 g/mol. The molecule has 2 rings (SSSR count). The molecular formula is C20H28N2O4. The summed E-state index contributed by atoms with van der Waals surface area (Å²) in [6, 6.07) is 9.62. The number of carbonyl (C=O) groups excluding carboxylic acids is 2. The second kappa shape index (κ2) is 8.83. The Morgan fingerprint density at radius 2 is 1.92 bits per heavy atom. The van der Waals surface area contributed by atoms with E-state index in [0.717, 1.165) is 18.4 Å². The quantitative estimate of drug-likeness (QED) is 0.782. The molecule has 1 aliphatic carbocycles. The van der Waals surface area contributed by atoms with Gasteiger partial charge in [0.25, 0.3) is 0 Å². The summed E-state index contributed by atoms with van der Waals surface area (Å²) in [5.41, 5.74) is 0.287. The molecule has 2 amide bonds. The molecule has 0 heterocycles. The number of rotatable bonds is 7. The van der Waals surface area contributed by atoms with Crippen molar-refractivity contribution in [1.29, 1.82) is 0 Å². The summed E-state index contributed by atoms with van der Waals surface area (Å²) >= 11 is 0. The molecule has 0 spiro atoms. The van der Waals surface area contributed by atoms with Crippen LogP contribution in [0.2, 0.25) is 0 Å². The Hall–Kier alpha value is -2.37. The molecule has 1 fully saturated rings. The van der Waals surface area contributed by atoms with Gasteiger partial charge in [0.15, 0.2) is 0 Å². The van der Waals surface area contributed by atoms with Gasteiger partial charge in [-0.1, -0.05) is 43.2 Å². The van der Waals surface area contributed by atoms with E-state index >= 15 is 0 Å². The van der Waals surface area contributed by atoms with Crippen LogP contribution in [0.4, 0.5) is 0 Å². The fraction of sp³-hybridized carbons (Fsp3) is 0.550. The molecule has 1 saturated carbocycles. The molecular weight excluding hydrogens is 332 g/mol. The van der Waals surface area contributed by atoms with Crippen molar-refractivity contribution in [1.82, 2.24) is 10.2 Å². The first kappa shape index (κ1) is 19.9. The summed E-state index contributed by atoms with van der Waals surface area (Å²) in [6.07, 6.45) is 3.19. The minimum Gasteiger partial charge on any atom is -0.481 e. The van der Waals surface area contributed by atoms with Crippen LogP contribution in [0, 0.1) is 5.92 Å². The van der Waals surface area contributed by atoms with Crippen molar-refractivity contribution in [2.75, 3.05) is 6.54 Å². The number of carbonyl (C=O) groups is 3. The SMILES string of the molecule is CC(=O)N(CCC(=O)NC1(C)CCCCC1C(=O)O)Cc1ccccc1. The molecule has 0 aliphatic heterocycles. The van der Waals surface area contributed by atoms with Gasteiger partial charge in [0.05, 0.1) is 11.5 Å². The lowest BCUT2D eigenvalue weighted by Gasteiger charge is -2.40. The molecule has 2 atom stereocenters. The number of carboxylic acid groups (broad SMARTS) is 1. The molecule has 1 aliphatic rings. The molecule has 0 bridgehead atoms. The zero-order valence-corrected chi connectivity index (χ0v) is 15.5. The van der Waals surface area contributed by atoms with Crippen molar-refractivity contribution in [3.8, 4) is 0 Å². The van der Waals surface area contributed by atoms with Gasteiger partial charge in [-0.25, -0.2) is 0 Å². The summed E-state index contributed by atoms with van der Waals surface area (Å²) in [7, 11) is 0. The van der Waals surface area contributed by atoms with E-state index in [2.05, 4.69) is 5.32 Å². The van der Waals surface area contributed by atoms with Gasteiger partial charge in [-0.05, 0) is 25.3 Å². The van der Waals surface area contributed by atoms with Gasteiger partial charge in [0, 0.05) is 26.4 Å². The number of benzene rings is 1. The summed E-state index contributed by atoms with van der Waals surface area (Å²) in [5, 5.41) is 12.4. The van der Waals surface area contributed by atoms with E-state index in [-0.39, 0.29) is 18.2 Å². The lowest BCUT2D eigenvalue weighted by Crippen LogP contribution is -2.55. The molecule has 6 heteroatoms. The van der Waals surface area contributed by atoms with Crippen molar-refractivity contribution >= 4 is 17.8 Å². The zero-order chi connectivity index (χ0) is 19.2. The molecule has 0 radical (unpaired) electrons. The van der Waals surface area contributed by atoms with Gasteiger partial charge < -0.3 is 15.3 Å². The van der Waals surface area contributed by atoms with Crippen molar-refractivity contribution < 1.29 is 19.5 Å². The largest absolute Gasteiger partial charge is 0.481 e. The van der Waals surface area contributed by atoms with E-state index in [1.807, 2.05) is 37.3 Å². The Labute approximate surface area is 154 Å². The average molecular weight is 360 g/mol. The van der Waals surface area contributed by atoms with E-state index in [4.69, 9.17) is 0 Å². The maximum Gasteiger partial charge on any atom is 0.308 e. The number of nitrogens with zero attached hydrogens (tertiary/aromatic N) is 1. The van der Waals surface area contributed by atoms with Crippen molar-refractivity contribution in [2.24, 2.45) is 5.92 Å². The number of carboxylic acids is 1. The van der Waals surface area contributed by atoms with Crippen LogP contribution >= 0.6 is 0 Å². The highest BCUT2D eigenvalue weighted by atomic mass is 16.4. The second-order valence-electron chi connectivity index (χ2n) is 7.28. The molecule has 2 unspecified atom stereocenters. The van der Waals surface area contributed by atoms with Crippen molar-refractivity contribution in [3.63, 3.8) is 0 Å². The third-order valence-electron chi connectivity index (χ3n) is 5.20. The normalized spacial score (nSPS) is 22.5. The van der Waals surface area contributed by atoms with E-state index in [1.54, 1.807) is 4.90 Å². The fourth-order valence-electron chi connectivity index (χ4n) is 3.65. The van der Waals surface area contributed by atoms with Gasteiger partial charge in [-0.3, -0.25) is 14.4 Å². The number of hydrogen-bond acceptors (Lipinski definition) is 3. The van der Waals surface area contributed by atoms with E-state index in [0.29, 0.717) is 25.9 Å². The van der Waals surface area contributed by atoms with Crippen LogP contribution in [0.5, 0.6) is 0 Å². The van der Waals surface area contributed by atoms with Crippen LogP contribution in [-0.2, 0) is 20.9 Å². The predicted octanol–water partition coefficient (Wildman–Crippen LogP) is 2.57. The molecule has 0 aromatic heterocycles. The molecule has 6 nitrogen and oxygen atoms in total. The van der Waals surface area contributed by atoms with Crippen LogP contribution in [0.15, 0.2) is 30.3 Å². The first-order valence-corrected chi connectivity index (χ1v) is 9.15. The number of nitrogens with one attached hydrogen (secondary N) is 1. The molecule has 1 aromatic rings. The lowest BCUT2D eigenvalue weighted by atomic mass is 9.74. The lowest BCUT2D eigenvalue weighted by molar-refractivity contribution is -0.146. The number of amides is 2. The van der Waals surface area contributed by atoms with E-state index in [1.165, 1.54) is 6.92 Å². The van der Waals surface area contributed by atoms with Gasteiger partial charge in [0.1, 0.15) is 0 Å². The van der Waals surface area contributed by atoms with Gasteiger partial charge in [0.2, 0.25) is 11.8 Å². The molecule has 0 saturated heterocycles. The Balaban J connectivity index is 1.93. The molecule has 142 valence electrons. The Morgan fingerprint density at radius 1 is 1.23 bits per heavy atom. The second-order valence-corrected chi connectivity index (χ2v) is 7.28. The third kappa shape index (κ3) is 5.31. The summed E-state index contributed by atoms with van der Waals surface area (Å²) in [5.74, 6) is -1.72. The fourth-order valence-corrected chi connectivity index (χ4v) is 3.65. The Bertz CT molecular complexity index is 646. The van der Waals surface area contributed by atoms with E-state index < -0.39 is 17.4 Å². The van der Waals surface area contributed by atoms with Crippen molar-refractivity contribution in [2.45, 2.75) is 58.0 Å². The smallest absolute Gasteiger partial charge is 0.308 e. The maximum atomic E-state index is 12.4. The summed E-state index contributed by atoms with van der Waals surface area (Å²) < 4.78 is 0. The van der Waals surface area contributed by atoms with Crippen LogP contribution in [0.1, 0.15) is 51.5 Å². The molecule has 2 N–H and O–H groups in total. The standard InChI is InChI=1S/C20H28N2O4/c1-15(23)22(14-16-8-4-3-5-9-16)13-11-18(24)21-20(2)12-7-6-10-17(20)19(25)26/h3-5,8-9,17H,6-7,10-14H2,1-2H3,(H,21,24)(H,25,26). The van der Waals surface area contributed by atoms with Gasteiger partial charge in [-0.15, -0.1) is 0 Å². The van der Waals surface area contributed by atoms with Gasteiger partial charge in [-0.2, -0.15) is 0 Å². The minimum absolute atomic E-state index is 0.0889. The zero-order valence-electron chi connectivity index (χ0n) is 15.5. The highest BCUT2D eigenvalue weighted by Gasteiger charge is 2.42. The van der Waals surface area contributed by atoms with Crippen molar-refractivity contribution in [3.05, 3.63) is 35.9 Å². The summed E-state index contributed by atoms with van der Waals surface area (Å²) in [4.78, 5) is 37.4. The first-order chi connectivity index (χ1) is 12.3. The molecule has 26 heavy (non-hydrogen) atoms. The number of aliphatic carboxylic acids is 1. The highest BCUT2D eigenvalue weighted by molar-refractivity contribution is 5.80. The first-order valence-electron chi connectivity index (χ1n) is 9.15. The Kier molecular flexibility index (Phi) is 6.77. The highest BCUT2D eigenvalue weighted by Crippen LogP contribution is 2.33. The van der Waals surface area contributed by atoms with Crippen LogP contribution in [0.3, 0.4) is 0 Å². The number of hydrogen-bond donors (Lipinski definition) is 2. The topological polar surface area (TPSA) is 86.7 Å². The van der Waals surface area contributed by atoms with Crippen LogP contribution < -0.4 is 5.32 Å². The average Bonchev–Trinajstić information content (AvgIpc) is 2.59. The predicted molar refractivity (Wildman–Crippen MR) is 98.3 cm³/mol. The van der Waals surface area contributed by atoms with Crippen LogP contribution in [-0.4, -0.2) is 39.9 Å². The van der Waals surface area contributed by atoms with E-state index in [9.17, 15) is 19.5 Å². The van der Waals surface area contributed by atoms with Crippen LogP contribution in [0.25, 0.3) is 0 Å².